The number of rotatable bonds is 7. The van der Waals surface area contributed by atoms with E-state index < -0.39 is 24.0 Å². The van der Waals surface area contributed by atoms with Gasteiger partial charge in [0.2, 0.25) is 5.91 Å². The van der Waals surface area contributed by atoms with E-state index in [4.69, 9.17) is 0 Å². The molecule has 0 bridgehead atoms. The molecule has 10 nitrogen and oxygen atoms in total. The maximum absolute atomic E-state index is 12.6. The molecule has 2 aromatic rings. The van der Waals surface area contributed by atoms with Crippen LogP contribution in [0.3, 0.4) is 0 Å². The SMILES string of the molecule is CC[C@H](NC(=O)CNC(=O)c1cc(O)cc(NC2=NCC(O)CN2)c1)c1cc(I)cc(I)c1O. The summed E-state index contributed by atoms with van der Waals surface area (Å²) < 4.78 is 1.63. The fourth-order valence-corrected chi connectivity index (χ4v) is 5.22. The quantitative estimate of drug-likeness (QED) is 0.219. The van der Waals surface area contributed by atoms with Gasteiger partial charge in [0.15, 0.2) is 5.96 Å². The molecule has 0 saturated heterocycles. The third-order valence-corrected chi connectivity index (χ3v) is 6.44. The van der Waals surface area contributed by atoms with E-state index in [-0.39, 0.29) is 30.2 Å². The molecule has 0 radical (unpaired) electrons. The maximum atomic E-state index is 12.6. The average molecular weight is 693 g/mol. The topological polar surface area (TPSA) is 155 Å². The number of β-amino-alcohol motifs (C(OH)–C–C–N with tert-alkyl or cyclic N) is 1. The molecule has 1 aliphatic heterocycles. The number of guanidine groups is 1. The molecule has 1 heterocycles. The number of aliphatic imine (C=N–C) groups is 1. The van der Waals surface area contributed by atoms with Crippen molar-refractivity contribution in [1.82, 2.24) is 16.0 Å². The van der Waals surface area contributed by atoms with Crippen molar-refractivity contribution in [2.24, 2.45) is 4.99 Å². The number of aromatic hydroxyl groups is 2. The van der Waals surface area contributed by atoms with E-state index in [1.54, 1.807) is 0 Å². The predicted octanol–water partition coefficient (Wildman–Crippen LogP) is 2.04. The Kier molecular flexibility index (Phi) is 9.18. The van der Waals surface area contributed by atoms with Gasteiger partial charge in [-0.3, -0.25) is 14.6 Å². The van der Waals surface area contributed by atoms with E-state index in [1.807, 2.05) is 41.6 Å². The van der Waals surface area contributed by atoms with Crippen LogP contribution in [0.4, 0.5) is 5.69 Å². The first-order valence-corrected chi connectivity index (χ1v) is 12.6. The molecule has 0 saturated carbocycles. The van der Waals surface area contributed by atoms with Gasteiger partial charge < -0.3 is 36.6 Å². The number of phenolic OH excluding ortho intramolecular Hbond substituents is 2. The largest absolute Gasteiger partial charge is 0.508 e. The summed E-state index contributed by atoms with van der Waals surface area (Å²) in [5.41, 5.74) is 1.20. The van der Waals surface area contributed by atoms with Crippen molar-refractivity contribution in [3.05, 3.63) is 48.6 Å². The van der Waals surface area contributed by atoms with Crippen molar-refractivity contribution < 1.29 is 24.9 Å². The molecule has 2 atom stereocenters. The van der Waals surface area contributed by atoms with E-state index in [1.165, 1.54) is 18.2 Å². The molecule has 7 N–H and O–H groups in total. The minimum absolute atomic E-state index is 0.128. The molecule has 0 aromatic heterocycles. The van der Waals surface area contributed by atoms with Crippen LogP contribution < -0.4 is 21.3 Å². The van der Waals surface area contributed by atoms with Crippen LogP contribution >= 0.6 is 45.2 Å². The summed E-state index contributed by atoms with van der Waals surface area (Å²) in [4.78, 5) is 29.3. The number of amides is 2. The standard InChI is InChI=1S/C22H25I2N5O5/c1-2-18(16-5-12(23)6-17(24)20(16)33)29-19(32)10-25-21(34)11-3-13(7-14(30)4-11)28-22-26-8-15(31)9-27-22/h3-7,15,18,30-31,33H,2,8-10H2,1H3,(H,25,34)(H,29,32)(H2,26,27,28)/t18-/m0/s1. The number of nitrogens with one attached hydrogen (secondary N) is 4. The smallest absolute Gasteiger partial charge is 0.251 e. The highest BCUT2D eigenvalue weighted by Gasteiger charge is 2.20. The van der Waals surface area contributed by atoms with Crippen LogP contribution in [-0.4, -0.2) is 58.8 Å². The number of anilines is 1. The van der Waals surface area contributed by atoms with Crippen LogP contribution in [0.5, 0.6) is 11.5 Å². The number of hydrogen-bond acceptors (Lipinski definition) is 8. The molecule has 0 spiro atoms. The first-order chi connectivity index (χ1) is 16.2. The lowest BCUT2D eigenvalue weighted by atomic mass is 10.0. The summed E-state index contributed by atoms with van der Waals surface area (Å²) in [7, 11) is 0. The van der Waals surface area contributed by atoms with E-state index in [0.29, 0.717) is 33.7 Å². The minimum atomic E-state index is -0.562. The molecule has 0 fully saturated rings. The van der Waals surface area contributed by atoms with Gasteiger partial charge in [0.25, 0.3) is 5.91 Å². The molecule has 34 heavy (non-hydrogen) atoms. The Bertz CT molecular complexity index is 1110. The van der Waals surface area contributed by atoms with Gasteiger partial charge in [-0.25, -0.2) is 0 Å². The zero-order chi connectivity index (χ0) is 24.8. The zero-order valence-corrected chi connectivity index (χ0v) is 22.5. The maximum Gasteiger partial charge on any atom is 0.251 e. The van der Waals surface area contributed by atoms with E-state index in [9.17, 15) is 24.9 Å². The third-order valence-electron chi connectivity index (χ3n) is 4.99. The van der Waals surface area contributed by atoms with Crippen LogP contribution in [0, 0.1) is 7.14 Å². The number of phenols is 2. The van der Waals surface area contributed by atoms with Crippen molar-refractivity contribution in [3.8, 4) is 11.5 Å². The van der Waals surface area contributed by atoms with Gasteiger partial charge in [-0.2, -0.15) is 0 Å². The average Bonchev–Trinajstić information content (AvgIpc) is 2.79. The zero-order valence-electron chi connectivity index (χ0n) is 18.2. The van der Waals surface area contributed by atoms with Gasteiger partial charge in [-0.05, 0) is 75.9 Å². The summed E-state index contributed by atoms with van der Waals surface area (Å²) >= 11 is 4.19. The van der Waals surface area contributed by atoms with Crippen molar-refractivity contribution in [2.75, 3.05) is 25.0 Å². The normalized spacial score (nSPS) is 16.1. The molecular formula is C22H25I2N5O5. The molecule has 2 aromatic carbocycles. The number of carbonyl (C=O) groups is 2. The highest BCUT2D eigenvalue weighted by molar-refractivity contribution is 14.1. The lowest BCUT2D eigenvalue weighted by molar-refractivity contribution is -0.120. The Morgan fingerprint density at radius 1 is 1.21 bits per heavy atom. The summed E-state index contributed by atoms with van der Waals surface area (Å²) in [5, 5.41) is 41.2. The number of aliphatic hydroxyl groups is 1. The van der Waals surface area contributed by atoms with Crippen molar-refractivity contribution in [2.45, 2.75) is 25.5 Å². The van der Waals surface area contributed by atoms with Crippen molar-refractivity contribution >= 4 is 68.6 Å². The van der Waals surface area contributed by atoms with Crippen LogP contribution in [0.15, 0.2) is 35.3 Å². The highest BCUT2D eigenvalue weighted by Crippen LogP contribution is 2.32. The first kappa shape index (κ1) is 26.3. The summed E-state index contributed by atoms with van der Waals surface area (Å²) in [6.45, 7) is 2.20. The Morgan fingerprint density at radius 2 is 1.97 bits per heavy atom. The second kappa shape index (κ2) is 11.9. The number of nitrogens with zero attached hydrogens (tertiary/aromatic N) is 1. The number of benzene rings is 2. The number of hydrogen-bond donors (Lipinski definition) is 7. The first-order valence-electron chi connectivity index (χ1n) is 10.5. The van der Waals surface area contributed by atoms with Gasteiger partial charge >= 0.3 is 0 Å². The lowest BCUT2D eigenvalue weighted by Crippen LogP contribution is -2.42. The Labute approximate surface area is 223 Å². The monoisotopic (exact) mass is 693 g/mol. The van der Waals surface area contributed by atoms with Crippen LogP contribution in [-0.2, 0) is 4.79 Å². The van der Waals surface area contributed by atoms with Gasteiger partial charge in [0.1, 0.15) is 11.5 Å². The van der Waals surface area contributed by atoms with E-state index in [0.717, 1.165) is 3.57 Å². The Hall–Kier alpha value is -2.33. The molecule has 1 unspecified atom stereocenters. The fraction of sp³-hybridized carbons (Fsp3) is 0.318. The third kappa shape index (κ3) is 7.09. The molecule has 1 aliphatic rings. The highest BCUT2D eigenvalue weighted by atomic mass is 127. The molecule has 12 heteroatoms. The predicted molar refractivity (Wildman–Crippen MR) is 145 cm³/mol. The van der Waals surface area contributed by atoms with Gasteiger partial charge in [-0.1, -0.05) is 6.92 Å². The number of aliphatic hydroxyl groups excluding tert-OH is 1. The van der Waals surface area contributed by atoms with Gasteiger partial charge in [0, 0.05) is 33.0 Å². The van der Waals surface area contributed by atoms with Crippen LogP contribution in [0.2, 0.25) is 0 Å². The van der Waals surface area contributed by atoms with Crippen molar-refractivity contribution in [3.63, 3.8) is 0 Å². The Morgan fingerprint density at radius 3 is 2.65 bits per heavy atom. The second-order valence-corrected chi connectivity index (χ2v) is 10.1. The van der Waals surface area contributed by atoms with E-state index in [2.05, 4.69) is 48.9 Å². The number of halogens is 2. The van der Waals surface area contributed by atoms with Crippen LogP contribution in [0.1, 0.15) is 35.3 Å². The molecule has 0 aliphatic carbocycles. The lowest BCUT2D eigenvalue weighted by Gasteiger charge is -2.20. The molecule has 182 valence electrons. The number of carbonyl (C=O) groups excluding carboxylic acids is 2. The second-order valence-electron chi connectivity index (χ2n) is 7.65. The van der Waals surface area contributed by atoms with Gasteiger partial charge in [0.05, 0.1) is 28.8 Å². The minimum Gasteiger partial charge on any atom is -0.508 e. The summed E-state index contributed by atoms with van der Waals surface area (Å²) in [5.74, 6) is -0.538. The molecule has 3 rings (SSSR count). The summed E-state index contributed by atoms with van der Waals surface area (Å²) in [6, 6.07) is 7.49. The molecule has 2 amide bonds. The van der Waals surface area contributed by atoms with Crippen LogP contribution in [0.25, 0.3) is 0 Å². The fourth-order valence-electron chi connectivity index (χ4n) is 3.33. The Balaban J connectivity index is 1.61. The van der Waals surface area contributed by atoms with Gasteiger partial charge in [-0.15, -0.1) is 0 Å². The van der Waals surface area contributed by atoms with Crippen molar-refractivity contribution in [1.29, 1.82) is 0 Å². The summed E-state index contributed by atoms with van der Waals surface area (Å²) in [6.07, 6.45) is -0.00687. The van der Waals surface area contributed by atoms with E-state index >= 15 is 0 Å². The molecular weight excluding hydrogens is 668 g/mol.